The Hall–Kier alpha value is -0.450. The molecule has 0 amide bonds. The van der Waals surface area contributed by atoms with E-state index in [-0.39, 0.29) is 4.48 Å². The van der Waals surface area contributed by atoms with E-state index in [4.69, 9.17) is 0 Å². The van der Waals surface area contributed by atoms with Gasteiger partial charge in [-0.2, -0.15) is 8.78 Å². The molecule has 1 aliphatic heterocycles. The minimum atomic E-state index is -1.65. The monoisotopic (exact) mass is 196 g/mol. The molecular weight excluding hydrogens is 194 g/mol. The van der Waals surface area contributed by atoms with Crippen LogP contribution in [-0.2, 0) is 0 Å². The topological polar surface area (TPSA) is 24.4 Å². The first-order valence-corrected chi connectivity index (χ1v) is 2.98. The number of alkyl halides is 1. The van der Waals surface area contributed by atoms with Gasteiger partial charge in [0.1, 0.15) is 0 Å². The molecular formula is C4H3BrF2N2. The number of halogens is 3. The number of hydrogen-bond donors (Lipinski definition) is 1. The summed E-state index contributed by atoms with van der Waals surface area (Å²) in [6.45, 7) is 0. The minimum Gasteiger partial charge on any atom is -0.313 e. The molecule has 9 heavy (non-hydrogen) atoms. The quantitative estimate of drug-likeness (QED) is 0.584. The lowest BCUT2D eigenvalue weighted by Crippen LogP contribution is -2.24. The van der Waals surface area contributed by atoms with Crippen LogP contribution in [0.25, 0.3) is 0 Å². The molecule has 5 heteroatoms. The second kappa shape index (κ2) is 2.43. The molecule has 1 aliphatic rings. The molecule has 0 aromatic carbocycles. The summed E-state index contributed by atoms with van der Waals surface area (Å²) in [5.41, 5.74) is 0. The first-order chi connectivity index (χ1) is 4.20. The highest BCUT2D eigenvalue weighted by molar-refractivity contribution is 9.12. The summed E-state index contributed by atoms with van der Waals surface area (Å²) in [4.78, 5) is 3.21. The molecule has 1 heterocycles. The Labute approximate surface area is 58.8 Å². The molecule has 0 saturated heterocycles. The van der Waals surface area contributed by atoms with E-state index in [0.717, 1.165) is 6.21 Å². The summed E-state index contributed by atoms with van der Waals surface area (Å²) in [5, 5.41) is 1.83. The third-order valence-electron chi connectivity index (χ3n) is 0.774. The summed E-state index contributed by atoms with van der Waals surface area (Å²) in [7, 11) is 0. The Morgan fingerprint density at radius 3 is 2.89 bits per heavy atom. The Morgan fingerprint density at radius 2 is 2.44 bits per heavy atom. The lowest BCUT2D eigenvalue weighted by atomic mass is 10.6. The largest absolute Gasteiger partial charge is 0.313 e. The smallest absolute Gasteiger partial charge is 0.266 e. The zero-order valence-electron chi connectivity index (χ0n) is 4.24. The fourth-order valence-corrected chi connectivity index (χ4v) is 0.631. The number of nitrogens with zero attached hydrogens (tertiary/aromatic N) is 1. The fourth-order valence-electron chi connectivity index (χ4n) is 0.398. The van der Waals surface area contributed by atoms with E-state index >= 15 is 0 Å². The van der Waals surface area contributed by atoms with E-state index in [9.17, 15) is 8.78 Å². The molecule has 1 unspecified atom stereocenters. The number of aliphatic imine (C=N–C) groups is 1. The standard InChI is InChI=1S/C4H3BrF2N2/c5-2-1-8-4(7)9-3(2)6/h1,4,9H. The van der Waals surface area contributed by atoms with Crippen molar-refractivity contribution in [1.82, 2.24) is 5.32 Å². The summed E-state index contributed by atoms with van der Waals surface area (Å²) in [5.74, 6) is -0.725. The van der Waals surface area contributed by atoms with Crippen molar-refractivity contribution in [1.29, 1.82) is 0 Å². The predicted octanol–water partition coefficient (Wildman–Crippen LogP) is 1.45. The second-order valence-electron chi connectivity index (χ2n) is 1.42. The maximum atomic E-state index is 12.2. The zero-order valence-corrected chi connectivity index (χ0v) is 5.82. The van der Waals surface area contributed by atoms with Crippen LogP contribution >= 0.6 is 15.9 Å². The van der Waals surface area contributed by atoms with E-state index < -0.39 is 12.4 Å². The fraction of sp³-hybridized carbons (Fsp3) is 0.250. The first kappa shape index (κ1) is 6.67. The van der Waals surface area contributed by atoms with Crippen LogP contribution in [0.15, 0.2) is 15.4 Å². The first-order valence-electron chi connectivity index (χ1n) is 2.19. The van der Waals surface area contributed by atoms with E-state index in [0.29, 0.717) is 0 Å². The van der Waals surface area contributed by atoms with Gasteiger partial charge in [0, 0.05) is 6.21 Å². The SMILES string of the molecule is FC1=C(Br)C=NC(F)N1. The lowest BCUT2D eigenvalue weighted by molar-refractivity contribution is 0.281. The van der Waals surface area contributed by atoms with Crippen LogP contribution in [0.4, 0.5) is 8.78 Å². The molecule has 2 nitrogen and oxygen atoms in total. The van der Waals surface area contributed by atoms with Crippen molar-refractivity contribution in [3.63, 3.8) is 0 Å². The van der Waals surface area contributed by atoms with Crippen molar-refractivity contribution in [2.75, 3.05) is 0 Å². The van der Waals surface area contributed by atoms with E-state index in [1.54, 1.807) is 0 Å². The van der Waals surface area contributed by atoms with Gasteiger partial charge in [0.05, 0.1) is 4.48 Å². The van der Waals surface area contributed by atoms with Gasteiger partial charge >= 0.3 is 0 Å². The molecule has 0 aromatic rings. The summed E-state index contributed by atoms with van der Waals surface area (Å²) >= 11 is 2.81. The van der Waals surface area contributed by atoms with Gasteiger partial charge in [0.2, 0.25) is 5.95 Å². The van der Waals surface area contributed by atoms with Gasteiger partial charge < -0.3 is 5.32 Å². The number of nitrogens with one attached hydrogen (secondary N) is 1. The Bertz CT molecular complexity index is 177. The maximum absolute atomic E-state index is 12.2. The highest BCUT2D eigenvalue weighted by Crippen LogP contribution is 2.13. The van der Waals surface area contributed by atoms with Crippen molar-refractivity contribution >= 4 is 22.1 Å². The van der Waals surface area contributed by atoms with E-state index in [1.807, 2.05) is 5.32 Å². The van der Waals surface area contributed by atoms with Gasteiger partial charge in [0.25, 0.3) is 6.42 Å². The Balaban J connectivity index is 2.75. The number of rotatable bonds is 0. The van der Waals surface area contributed by atoms with Gasteiger partial charge in [-0.3, -0.25) is 0 Å². The van der Waals surface area contributed by atoms with Crippen molar-refractivity contribution in [3.05, 3.63) is 10.4 Å². The highest BCUT2D eigenvalue weighted by Gasteiger charge is 2.11. The second-order valence-corrected chi connectivity index (χ2v) is 2.27. The maximum Gasteiger partial charge on any atom is 0.266 e. The van der Waals surface area contributed by atoms with Crippen LogP contribution in [0.5, 0.6) is 0 Å². The predicted molar refractivity (Wildman–Crippen MR) is 33.6 cm³/mol. The zero-order chi connectivity index (χ0) is 6.85. The number of allylic oxidation sites excluding steroid dienone is 1. The van der Waals surface area contributed by atoms with Gasteiger partial charge in [-0.25, -0.2) is 4.99 Å². The van der Waals surface area contributed by atoms with Gasteiger partial charge in [-0.1, -0.05) is 0 Å². The Kier molecular flexibility index (Phi) is 1.80. The molecule has 0 aliphatic carbocycles. The molecule has 0 aromatic heterocycles. The van der Waals surface area contributed by atoms with Crippen LogP contribution in [0.3, 0.4) is 0 Å². The third-order valence-corrected chi connectivity index (χ3v) is 1.33. The van der Waals surface area contributed by atoms with Crippen molar-refractivity contribution in [2.45, 2.75) is 6.42 Å². The molecule has 0 radical (unpaired) electrons. The van der Waals surface area contributed by atoms with Crippen LogP contribution < -0.4 is 5.32 Å². The van der Waals surface area contributed by atoms with E-state index in [2.05, 4.69) is 20.9 Å². The van der Waals surface area contributed by atoms with Crippen molar-refractivity contribution in [3.8, 4) is 0 Å². The minimum absolute atomic E-state index is 0.136. The molecule has 0 spiro atoms. The lowest BCUT2D eigenvalue weighted by Gasteiger charge is -2.09. The van der Waals surface area contributed by atoms with Crippen LogP contribution in [-0.4, -0.2) is 12.6 Å². The average molecular weight is 197 g/mol. The molecule has 1 N–H and O–H groups in total. The molecule has 0 saturated carbocycles. The van der Waals surface area contributed by atoms with Crippen LogP contribution in [0.1, 0.15) is 0 Å². The molecule has 0 fully saturated rings. The van der Waals surface area contributed by atoms with Crippen molar-refractivity contribution in [2.24, 2.45) is 4.99 Å². The van der Waals surface area contributed by atoms with Crippen LogP contribution in [0, 0.1) is 0 Å². The summed E-state index contributed by atoms with van der Waals surface area (Å²) in [6, 6.07) is 0. The normalized spacial score (nSPS) is 26.3. The van der Waals surface area contributed by atoms with E-state index in [1.165, 1.54) is 0 Å². The van der Waals surface area contributed by atoms with Crippen molar-refractivity contribution < 1.29 is 8.78 Å². The molecule has 50 valence electrons. The third kappa shape index (κ3) is 1.48. The van der Waals surface area contributed by atoms with Gasteiger partial charge in [-0.05, 0) is 15.9 Å². The van der Waals surface area contributed by atoms with Gasteiger partial charge in [-0.15, -0.1) is 0 Å². The average Bonchev–Trinajstić information content (AvgIpc) is 1.80. The number of hydrogen-bond acceptors (Lipinski definition) is 2. The molecule has 0 bridgehead atoms. The Morgan fingerprint density at radius 1 is 1.78 bits per heavy atom. The summed E-state index contributed by atoms with van der Waals surface area (Å²) < 4.78 is 24.4. The highest BCUT2D eigenvalue weighted by atomic mass is 79.9. The van der Waals surface area contributed by atoms with Crippen LogP contribution in [0.2, 0.25) is 0 Å². The summed E-state index contributed by atoms with van der Waals surface area (Å²) in [6.07, 6.45) is -0.567. The molecule has 1 atom stereocenters. The van der Waals surface area contributed by atoms with Gasteiger partial charge in [0.15, 0.2) is 0 Å². The molecule has 1 rings (SSSR count).